The van der Waals surface area contributed by atoms with Crippen LogP contribution in [0.25, 0.3) is 0 Å². The van der Waals surface area contributed by atoms with Gasteiger partial charge in [0.15, 0.2) is 5.96 Å². The van der Waals surface area contributed by atoms with Crippen molar-refractivity contribution in [3.8, 4) is 0 Å². The van der Waals surface area contributed by atoms with Gasteiger partial charge in [0.05, 0.1) is 4.91 Å². The van der Waals surface area contributed by atoms with Crippen LogP contribution in [0.4, 0.5) is 0 Å². The second-order valence-corrected chi connectivity index (χ2v) is 6.26. The van der Waals surface area contributed by atoms with E-state index in [2.05, 4.69) is 12.2 Å². The van der Waals surface area contributed by atoms with Crippen LogP contribution in [0.2, 0.25) is 0 Å². The molecule has 0 bridgehead atoms. The molecule has 0 aromatic heterocycles. The number of allylic oxidation sites excluding steroid dienone is 2. The van der Waals surface area contributed by atoms with Crippen molar-refractivity contribution in [2.75, 3.05) is 13.1 Å². The normalized spacial score (nSPS) is 14.4. The highest BCUT2D eigenvalue weighted by molar-refractivity contribution is 7.94. The first-order valence-corrected chi connectivity index (χ1v) is 8.27. The van der Waals surface area contributed by atoms with Crippen LogP contribution in [0.5, 0.6) is 0 Å². The molecule has 1 atom stereocenters. The molecule has 6 nitrogen and oxygen atoms in total. The molecule has 0 fully saturated rings. The van der Waals surface area contributed by atoms with Crippen LogP contribution in [0.15, 0.2) is 23.1 Å². The third kappa shape index (κ3) is 7.96. The molecule has 0 rings (SSSR count). The van der Waals surface area contributed by atoms with Crippen molar-refractivity contribution in [2.24, 2.45) is 11.7 Å². The fraction of sp³-hybridized carbons (Fsp3) is 0.615. The largest absolute Gasteiger partial charge is 0.369 e. The van der Waals surface area contributed by atoms with Gasteiger partial charge >= 0.3 is 0 Å². The summed E-state index contributed by atoms with van der Waals surface area (Å²) < 4.78 is 25.9. The summed E-state index contributed by atoms with van der Waals surface area (Å²) in [4.78, 5) is 0.137. The minimum Gasteiger partial charge on any atom is -0.369 e. The molecule has 0 aromatic rings. The van der Waals surface area contributed by atoms with Crippen LogP contribution in [-0.4, -0.2) is 27.5 Å². The number of nitrogens with two attached hydrogens (primary N) is 1. The Bertz CT molecular complexity index is 455. The molecule has 116 valence electrons. The standard InChI is InChI=1S/C13H26N4O2S/c1-4-6-12(20(18,19)17-13(14)15)8-7-11(3)10-16-9-5-2/h6-8,11,16H,4-5,9-10H2,1-3H3,(H4,14,15,17)/b8-7-,12-6-. The van der Waals surface area contributed by atoms with E-state index in [0.29, 0.717) is 6.42 Å². The molecule has 0 saturated heterocycles. The summed E-state index contributed by atoms with van der Waals surface area (Å²) in [6, 6.07) is 0. The van der Waals surface area contributed by atoms with Gasteiger partial charge in [-0.05, 0) is 31.4 Å². The summed E-state index contributed by atoms with van der Waals surface area (Å²) in [6.07, 6.45) is 6.64. The smallest absolute Gasteiger partial charge is 0.263 e. The molecule has 5 N–H and O–H groups in total. The van der Waals surface area contributed by atoms with Crippen LogP contribution in [0.3, 0.4) is 0 Å². The van der Waals surface area contributed by atoms with Gasteiger partial charge in [0, 0.05) is 6.54 Å². The number of hydrogen-bond donors (Lipinski definition) is 4. The molecule has 0 radical (unpaired) electrons. The first-order valence-electron chi connectivity index (χ1n) is 6.79. The van der Waals surface area contributed by atoms with E-state index in [1.54, 1.807) is 12.2 Å². The van der Waals surface area contributed by atoms with Gasteiger partial charge in [0.1, 0.15) is 0 Å². The van der Waals surface area contributed by atoms with Crippen molar-refractivity contribution < 1.29 is 8.42 Å². The van der Waals surface area contributed by atoms with Crippen molar-refractivity contribution in [1.82, 2.24) is 10.0 Å². The van der Waals surface area contributed by atoms with Gasteiger partial charge in [-0.25, -0.2) is 13.1 Å². The van der Waals surface area contributed by atoms with Gasteiger partial charge in [0.25, 0.3) is 10.0 Å². The summed E-state index contributed by atoms with van der Waals surface area (Å²) >= 11 is 0. The van der Waals surface area contributed by atoms with E-state index in [4.69, 9.17) is 11.1 Å². The molecule has 0 aliphatic heterocycles. The third-order valence-corrected chi connectivity index (χ3v) is 3.85. The van der Waals surface area contributed by atoms with Crippen molar-refractivity contribution in [1.29, 1.82) is 5.41 Å². The van der Waals surface area contributed by atoms with Gasteiger partial charge in [-0.2, -0.15) is 0 Å². The second kappa shape index (κ2) is 9.55. The number of hydrogen-bond acceptors (Lipinski definition) is 4. The summed E-state index contributed by atoms with van der Waals surface area (Å²) in [5, 5.41) is 10.3. The van der Waals surface area contributed by atoms with Crippen LogP contribution >= 0.6 is 0 Å². The van der Waals surface area contributed by atoms with E-state index in [-0.39, 0.29) is 10.8 Å². The molecule has 20 heavy (non-hydrogen) atoms. The zero-order chi connectivity index (χ0) is 15.6. The summed E-state index contributed by atoms with van der Waals surface area (Å²) in [6.45, 7) is 7.69. The molecule has 7 heteroatoms. The lowest BCUT2D eigenvalue weighted by atomic mass is 10.1. The predicted octanol–water partition coefficient (Wildman–Crippen LogP) is 1.29. The maximum atomic E-state index is 11.9. The molecule has 1 unspecified atom stereocenters. The number of rotatable bonds is 9. The molecular formula is C13H26N4O2S. The molecule has 0 spiro atoms. The van der Waals surface area contributed by atoms with Crippen molar-refractivity contribution >= 4 is 16.0 Å². The van der Waals surface area contributed by atoms with Crippen molar-refractivity contribution in [3.63, 3.8) is 0 Å². The number of sulfonamides is 1. The quantitative estimate of drug-likeness (QED) is 0.223. The van der Waals surface area contributed by atoms with Gasteiger partial charge in [0.2, 0.25) is 0 Å². The predicted molar refractivity (Wildman–Crippen MR) is 83.8 cm³/mol. The minimum atomic E-state index is -3.75. The average Bonchev–Trinajstić information content (AvgIpc) is 2.33. The Morgan fingerprint density at radius 1 is 1.40 bits per heavy atom. The van der Waals surface area contributed by atoms with Crippen molar-refractivity contribution in [3.05, 3.63) is 23.1 Å². The Labute approximate surface area is 122 Å². The first-order chi connectivity index (χ1) is 9.33. The fourth-order valence-electron chi connectivity index (χ4n) is 1.51. The molecule has 0 aliphatic carbocycles. The lowest BCUT2D eigenvalue weighted by Gasteiger charge is -2.09. The summed E-state index contributed by atoms with van der Waals surface area (Å²) in [7, 11) is -3.75. The molecule has 0 aliphatic rings. The number of nitrogens with one attached hydrogen (secondary N) is 3. The van der Waals surface area contributed by atoms with E-state index < -0.39 is 16.0 Å². The molecule has 0 aromatic carbocycles. The Balaban J connectivity index is 4.79. The van der Waals surface area contributed by atoms with Gasteiger partial charge in [-0.15, -0.1) is 0 Å². The summed E-state index contributed by atoms with van der Waals surface area (Å²) in [5.41, 5.74) is 5.08. The highest BCUT2D eigenvalue weighted by atomic mass is 32.2. The molecular weight excluding hydrogens is 276 g/mol. The van der Waals surface area contributed by atoms with Crippen LogP contribution in [0.1, 0.15) is 33.6 Å². The SMILES string of the molecule is CC/C=C(/C=C\C(C)CNCCC)S(=O)(=O)NC(=N)N. The molecule has 0 amide bonds. The minimum absolute atomic E-state index is 0.137. The van der Waals surface area contributed by atoms with E-state index in [0.717, 1.165) is 19.5 Å². The monoisotopic (exact) mass is 302 g/mol. The first kappa shape index (κ1) is 18.7. The van der Waals surface area contributed by atoms with Gasteiger partial charge in [-0.3, -0.25) is 5.41 Å². The van der Waals surface area contributed by atoms with E-state index >= 15 is 0 Å². The van der Waals surface area contributed by atoms with Crippen LogP contribution in [-0.2, 0) is 10.0 Å². The Morgan fingerprint density at radius 2 is 2.05 bits per heavy atom. The lowest BCUT2D eigenvalue weighted by Crippen LogP contribution is -2.36. The van der Waals surface area contributed by atoms with E-state index in [9.17, 15) is 8.42 Å². The second-order valence-electron chi connectivity index (χ2n) is 4.57. The topological polar surface area (TPSA) is 108 Å². The molecule has 0 heterocycles. The zero-order valence-electron chi connectivity index (χ0n) is 12.4. The Kier molecular flexibility index (Phi) is 8.91. The van der Waals surface area contributed by atoms with Gasteiger partial charge in [-0.1, -0.05) is 32.9 Å². The lowest BCUT2D eigenvalue weighted by molar-refractivity contribution is 0.588. The fourth-order valence-corrected chi connectivity index (χ4v) is 2.56. The molecule has 0 saturated carbocycles. The Hall–Kier alpha value is -1.34. The Morgan fingerprint density at radius 3 is 2.55 bits per heavy atom. The highest BCUT2D eigenvalue weighted by Crippen LogP contribution is 2.10. The van der Waals surface area contributed by atoms with Crippen molar-refractivity contribution in [2.45, 2.75) is 33.6 Å². The third-order valence-electron chi connectivity index (χ3n) is 2.44. The van der Waals surface area contributed by atoms with E-state index in [1.807, 2.05) is 24.6 Å². The van der Waals surface area contributed by atoms with Gasteiger partial charge < -0.3 is 11.1 Å². The highest BCUT2D eigenvalue weighted by Gasteiger charge is 2.15. The number of guanidine groups is 1. The maximum Gasteiger partial charge on any atom is 0.263 e. The van der Waals surface area contributed by atoms with E-state index in [1.165, 1.54) is 0 Å². The van der Waals surface area contributed by atoms with Crippen LogP contribution in [0, 0.1) is 11.3 Å². The zero-order valence-corrected chi connectivity index (χ0v) is 13.3. The maximum absolute atomic E-state index is 11.9. The average molecular weight is 302 g/mol. The van der Waals surface area contributed by atoms with Crippen LogP contribution < -0.4 is 15.8 Å². The summed E-state index contributed by atoms with van der Waals surface area (Å²) in [5.74, 6) is -0.368.